The Labute approximate surface area is 215 Å². The summed E-state index contributed by atoms with van der Waals surface area (Å²) in [6, 6.07) is 23.8. The molecule has 1 atom stereocenters. The van der Waals surface area contributed by atoms with E-state index in [-0.39, 0.29) is 11.5 Å². The van der Waals surface area contributed by atoms with Crippen molar-refractivity contribution in [2.45, 2.75) is 18.6 Å². The normalized spacial score (nSPS) is 16.8. The van der Waals surface area contributed by atoms with Crippen LogP contribution < -0.4 is 10.2 Å². The second-order valence-corrected chi connectivity index (χ2v) is 10.2. The van der Waals surface area contributed by atoms with Gasteiger partial charge in [-0.25, -0.2) is 0 Å². The molecule has 4 rings (SSSR count). The quantitative estimate of drug-likeness (QED) is 0.291. The van der Waals surface area contributed by atoms with Crippen LogP contribution in [-0.4, -0.2) is 17.1 Å². The molecular formula is C26H19BrClN3O2S. The topological polar surface area (TPSA) is 73.2 Å². The summed E-state index contributed by atoms with van der Waals surface area (Å²) in [7, 11) is 0. The van der Waals surface area contributed by atoms with Crippen LogP contribution in [-0.2, 0) is 16.0 Å². The first-order valence-corrected chi connectivity index (χ1v) is 12.4. The van der Waals surface area contributed by atoms with Crippen LogP contribution in [0, 0.1) is 18.3 Å². The molecule has 0 unspecified atom stereocenters. The van der Waals surface area contributed by atoms with E-state index >= 15 is 0 Å². The molecule has 1 aliphatic heterocycles. The SMILES string of the molecule is Cc1ccc(N2C(=O)[C@H](Cc3cccc(Cl)c3)S/C2=C(/C#N)C(=O)Nc2ccc(Br)cc2)cc1. The second kappa shape index (κ2) is 10.5. The van der Waals surface area contributed by atoms with Gasteiger partial charge in [-0.1, -0.05) is 69.1 Å². The number of benzene rings is 3. The van der Waals surface area contributed by atoms with Crippen molar-refractivity contribution in [1.82, 2.24) is 0 Å². The molecule has 0 spiro atoms. The summed E-state index contributed by atoms with van der Waals surface area (Å²) in [6.45, 7) is 1.95. The van der Waals surface area contributed by atoms with Gasteiger partial charge in [-0.3, -0.25) is 14.5 Å². The predicted molar refractivity (Wildman–Crippen MR) is 141 cm³/mol. The number of thioether (sulfide) groups is 1. The number of carbonyl (C=O) groups is 2. The zero-order valence-electron chi connectivity index (χ0n) is 18.1. The van der Waals surface area contributed by atoms with Crippen LogP contribution in [0.2, 0.25) is 5.02 Å². The lowest BCUT2D eigenvalue weighted by Gasteiger charge is -2.19. The Morgan fingerprint density at radius 2 is 1.85 bits per heavy atom. The summed E-state index contributed by atoms with van der Waals surface area (Å²) in [5.41, 5.74) is 2.98. The minimum absolute atomic E-state index is 0.115. The van der Waals surface area contributed by atoms with Crippen LogP contribution in [0.1, 0.15) is 11.1 Å². The average molecular weight is 553 g/mol. The van der Waals surface area contributed by atoms with Gasteiger partial charge in [0.15, 0.2) is 0 Å². The van der Waals surface area contributed by atoms with Crippen LogP contribution >= 0.6 is 39.3 Å². The largest absolute Gasteiger partial charge is 0.321 e. The van der Waals surface area contributed by atoms with Crippen molar-refractivity contribution < 1.29 is 9.59 Å². The predicted octanol–water partition coefficient (Wildman–Crippen LogP) is 6.48. The van der Waals surface area contributed by atoms with Gasteiger partial charge >= 0.3 is 0 Å². The van der Waals surface area contributed by atoms with E-state index in [2.05, 4.69) is 21.2 Å². The molecule has 0 aromatic heterocycles. The molecular weight excluding hydrogens is 534 g/mol. The standard InChI is InChI=1S/C26H19BrClN3O2S/c1-16-5-11-21(12-6-16)31-25(33)23(14-17-3-2-4-19(28)13-17)34-26(31)22(15-29)24(32)30-20-9-7-18(27)8-10-20/h2-13,23H,14H2,1H3,(H,30,32)/b26-22-/t23-/m0/s1. The molecule has 1 saturated heterocycles. The van der Waals surface area contributed by atoms with E-state index in [1.165, 1.54) is 16.7 Å². The summed E-state index contributed by atoms with van der Waals surface area (Å²) >= 11 is 10.7. The molecule has 8 heteroatoms. The number of halogens is 2. The van der Waals surface area contributed by atoms with Crippen LogP contribution in [0.3, 0.4) is 0 Å². The summed E-state index contributed by atoms with van der Waals surface area (Å²) in [4.78, 5) is 28.1. The molecule has 5 nitrogen and oxygen atoms in total. The number of hydrogen-bond acceptors (Lipinski definition) is 4. The minimum Gasteiger partial charge on any atom is -0.321 e. The van der Waals surface area contributed by atoms with Crippen molar-refractivity contribution in [3.8, 4) is 6.07 Å². The third kappa shape index (κ3) is 5.36. The molecule has 3 aromatic carbocycles. The van der Waals surface area contributed by atoms with E-state index in [0.717, 1.165) is 15.6 Å². The fourth-order valence-electron chi connectivity index (χ4n) is 3.52. The van der Waals surface area contributed by atoms with E-state index in [1.807, 2.05) is 55.5 Å². The van der Waals surface area contributed by atoms with Crippen LogP contribution in [0.25, 0.3) is 0 Å². The molecule has 170 valence electrons. The van der Waals surface area contributed by atoms with Gasteiger partial charge < -0.3 is 5.32 Å². The van der Waals surface area contributed by atoms with Crippen molar-refractivity contribution in [2.24, 2.45) is 0 Å². The number of aryl methyl sites for hydroxylation is 1. The van der Waals surface area contributed by atoms with Crippen LogP contribution in [0.15, 0.2) is 87.9 Å². The summed E-state index contributed by atoms with van der Waals surface area (Å²) < 4.78 is 0.871. The highest BCUT2D eigenvalue weighted by Crippen LogP contribution is 2.42. The molecule has 1 heterocycles. The first-order valence-electron chi connectivity index (χ1n) is 10.4. The molecule has 1 fully saturated rings. The lowest BCUT2D eigenvalue weighted by molar-refractivity contribution is -0.117. The molecule has 34 heavy (non-hydrogen) atoms. The molecule has 0 bridgehead atoms. The molecule has 3 aromatic rings. The summed E-state index contributed by atoms with van der Waals surface area (Å²) in [5, 5.41) is 13.1. The zero-order valence-corrected chi connectivity index (χ0v) is 21.2. The molecule has 0 saturated carbocycles. The number of amides is 2. The van der Waals surface area contributed by atoms with E-state index in [4.69, 9.17) is 11.6 Å². The third-order valence-electron chi connectivity index (χ3n) is 5.21. The minimum atomic E-state index is -0.569. The van der Waals surface area contributed by atoms with Crippen molar-refractivity contribution in [3.63, 3.8) is 0 Å². The Morgan fingerprint density at radius 3 is 2.50 bits per heavy atom. The second-order valence-electron chi connectivity index (χ2n) is 7.70. The highest BCUT2D eigenvalue weighted by molar-refractivity contribution is 9.10. The fourth-order valence-corrected chi connectivity index (χ4v) is 5.31. The maximum absolute atomic E-state index is 13.5. The molecule has 1 N–H and O–H groups in total. The smallest absolute Gasteiger partial charge is 0.269 e. The van der Waals surface area contributed by atoms with E-state index in [1.54, 1.807) is 30.3 Å². The average Bonchev–Trinajstić information content (AvgIpc) is 3.12. The number of nitrogens with zero attached hydrogens (tertiary/aromatic N) is 2. The maximum Gasteiger partial charge on any atom is 0.269 e. The Bertz CT molecular complexity index is 1320. The highest BCUT2D eigenvalue weighted by atomic mass is 79.9. The molecule has 2 amide bonds. The van der Waals surface area contributed by atoms with Crippen molar-refractivity contribution >= 4 is 62.5 Å². The van der Waals surface area contributed by atoms with Gasteiger partial charge in [0.25, 0.3) is 5.91 Å². The van der Waals surface area contributed by atoms with Crippen molar-refractivity contribution in [1.29, 1.82) is 5.26 Å². The lowest BCUT2D eigenvalue weighted by atomic mass is 10.1. The third-order valence-corrected chi connectivity index (χ3v) is 7.24. The number of carbonyl (C=O) groups excluding carboxylic acids is 2. The summed E-state index contributed by atoms with van der Waals surface area (Å²) in [5.74, 6) is -0.756. The molecule has 0 aliphatic carbocycles. The first kappa shape index (κ1) is 24.1. The summed E-state index contributed by atoms with van der Waals surface area (Å²) in [6.07, 6.45) is 0.420. The number of hydrogen-bond donors (Lipinski definition) is 1. The number of anilines is 2. The van der Waals surface area contributed by atoms with Gasteiger partial charge in [0.1, 0.15) is 16.7 Å². The fraction of sp³-hybridized carbons (Fsp3) is 0.115. The van der Waals surface area contributed by atoms with Crippen molar-refractivity contribution in [2.75, 3.05) is 10.2 Å². The van der Waals surface area contributed by atoms with Gasteiger partial charge in [0.2, 0.25) is 5.91 Å². The van der Waals surface area contributed by atoms with Gasteiger partial charge in [-0.2, -0.15) is 5.26 Å². The number of nitriles is 1. The molecule has 1 aliphatic rings. The number of rotatable bonds is 5. The van der Waals surface area contributed by atoms with Gasteiger partial charge in [-0.15, -0.1) is 0 Å². The highest BCUT2D eigenvalue weighted by Gasteiger charge is 2.40. The Morgan fingerprint density at radius 1 is 1.15 bits per heavy atom. The van der Waals surface area contributed by atoms with Gasteiger partial charge in [0, 0.05) is 20.9 Å². The van der Waals surface area contributed by atoms with E-state index < -0.39 is 11.2 Å². The number of nitrogens with one attached hydrogen (secondary N) is 1. The van der Waals surface area contributed by atoms with Crippen LogP contribution in [0.5, 0.6) is 0 Å². The van der Waals surface area contributed by atoms with E-state index in [9.17, 15) is 14.9 Å². The Hall–Kier alpha value is -3.05. The maximum atomic E-state index is 13.5. The van der Waals surface area contributed by atoms with E-state index in [0.29, 0.717) is 27.8 Å². The zero-order chi connectivity index (χ0) is 24.2. The Balaban J connectivity index is 1.72. The monoisotopic (exact) mass is 551 g/mol. The first-order chi connectivity index (χ1) is 16.4. The van der Waals surface area contributed by atoms with Gasteiger partial charge in [0.05, 0.1) is 5.25 Å². The van der Waals surface area contributed by atoms with Gasteiger partial charge in [-0.05, 0) is 67.4 Å². The van der Waals surface area contributed by atoms with Crippen molar-refractivity contribution in [3.05, 3.63) is 104 Å². The van der Waals surface area contributed by atoms with Crippen LogP contribution in [0.4, 0.5) is 11.4 Å². The lowest BCUT2D eigenvalue weighted by Crippen LogP contribution is -2.30. The Kier molecular flexibility index (Phi) is 7.42. The molecule has 0 radical (unpaired) electrons.